The van der Waals surface area contributed by atoms with Crippen LogP contribution in [0.4, 0.5) is 4.39 Å². The summed E-state index contributed by atoms with van der Waals surface area (Å²) in [6.45, 7) is 0.728. The molecule has 5 heteroatoms. The molecule has 2 unspecified atom stereocenters. The van der Waals surface area contributed by atoms with Crippen LogP contribution in [0.3, 0.4) is 0 Å². The van der Waals surface area contributed by atoms with Crippen LogP contribution in [-0.4, -0.2) is 30.3 Å². The molecule has 0 radical (unpaired) electrons. The Balaban J connectivity index is 1.99. The average Bonchev–Trinajstić information content (AvgIpc) is 2.34. The van der Waals surface area contributed by atoms with Gasteiger partial charge in [-0.3, -0.25) is 0 Å². The second-order valence-electron chi connectivity index (χ2n) is 4.09. The minimum absolute atomic E-state index is 0.0174. The third kappa shape index (κ3) is 3.58. The number of rotatable bonds is 3. The van der Waals surface area contributed by atoms with E-state index < -0.39 is 0 Å². The van der Waals surface area contributed by atoms with Gasteiger partial charge in [0.15, 0.2) is 0 Å². The lowest BCUT2D eigenvalue weighted by atomic mass is 10.0. The van der Waals surface area contributed by atoms with Gasteiger partial charge in [-0.25, -0.2) is 4.39 Å². The highest BCUT2D eigenvalue weighted by molar-refractivity contribution is 7.99. The van der Waals surface area contributed by atoms with E-state index in [-0.39, 0.29) is 18.0 Å². The molecule has 1 aliphatic heterocycles. The van der Waals surface area contributed by atoms with E-state index in [1.165, 1.54) is 6.07 Å². The molecular formula is C12H15ClFNOS. The fraction of sp³-hybridized carbons (Fsp3) is 0.500. The first kappa shape index (κ1) is 13.1. The molecule has 0 spiro atoms. The van der Waals surface area contributed by atoms with Crippen molar-refractivity contribution in [2.75, 3.05) is 18.1 Å². The molecule has 94 valence electrons. The number of thioether (sulfide) groups is 1. The van der Waals surface area contributed by atoms with Crippen molar-refractivity contribution in [3.63, 3.8) is 0 Å². The molecule has 1 saturated heterocycles. The molecule has 1 aliphatic rings. The lowest BCUT2D eigenvalue weighted by Crippen LogP contribution is -2.42. The Morgan fingerprint density at radius 2 is 2.41 bits per heavy atom. The molecule has 2 N–H and O–H groups in total. The summed E-state index contributed by atoms with van der Waals surface area (Å²) >= 11 is 7.53. The zero-order valence-corrected chi connectivity index (χ0v) is 10.9. The maximum atomic E-state index is 13.6. The van der Waals surface area contributed by atoms with Gasteiger partial charge in [-0.2, -0.15) is 11.8 Å². The lowest BCUT2D eigenvalue weighted by Gasteiger charge is -2.27. The highest BCUT2D eigenvalue weighted by Gasteiger charge is 2.22. The highest BCUT2D eigenvalue weighted by Crippen LogP contribution is 2.20. The summed E-state index contributed by atoms with van der Waals surface area (Å²) in [7, 11) is 0. The van der Waals surface area contributed by atoms with Crippen LogP contribution >= 0.6 is 23.4 Å². The van der Waals surface area contributed by atoms with Crippen LogP contribution in [0, 0.1) is 5.82 Å². The molecular weight excluding hydrogens is 261 g/mol. The van der Waals surface area contributed by atoms with Crippen LogP contribution < -0.4 is 5.73 Å². The maximum absolute atomic E-state index is 13.6. The summed E-state index contributed by atoms with van der Waals surface area (Å²) in [5.41, 5.74) is 6.65. The maximum Gasteiger partial charge on any atom is 0.127 e. The van der Waals surface area contributed by atoms with Crippen molar-refractivity contribution in [3.8, 4) is 0 Å². The smallest absolute Gasteiger partial charge is 0.127 e. The van der Waals surface area contributed by atoms with E-state index in [0.29, 0.717) is 17.0 Å². The SMILES string of the molecule is NC(Cc1ccc(Cl)cc1F)C1CSCCO1. The van der Waals surface area contributed by atoms with Gasteiger partial charge in [0.05, 0.1) is 12.7 Å². The Labute approximate surface area is 110 Å². The molecule has 2 atom stereocenters. The summed E-state index contributed by atoms with van der Waals surface area (Å²) in [4.78, 5) is 0. The number of ether oxygens (including phenoxy) is 1. The number of halogens is 2. The van der Waals surface area contributed by atoms with E-state index in [2.05, 4.69) is 0 Å². The van der Waals surface area contributed by atoms with Crippen molar-refractivity contribution in [3.05, 3.63) is 34.6 Å². The number of benzene rings is 1. The van der Waals surface area contributed by atoms with Gasteiger partial charge < -0.3 is 10.5 Å². The van der Waals surface area contributed by atoms with Gasteiger partial charge in [-0.1, -0.05) is 17.7 Å². The normalized spacial score (nSPS) is 22.4. The molecule has 1 fully saturated rings. The van der Waals surface area contributed by atoms with Gasteiger partial charge in [0.2, 0.25) is 0 Å². The third-order valence-electron chi connectivity index (χ3n) is 2.79. The summed E-state index contributed by atoms with van der Waals surface area (Å²) in [5.74, 6) is 1.60. The average molecular weight is 276 g/mol. The standard InChI is InChI=1S/C12H15ClFNOS/c13-9-2-1-8(10(14)6-9)5-11(15)12-7-17-4-3-16-12/h1-2,6,11-12H,3-5,7,15H2. The van der Waals surface area contributed by atoms with Gasteiger partial charge in [0.25, 0.3) is 0 Å². The monoisotopic (exact) mass is 275 g/mol. The van der Waals surface area contributed by atoms with Crippen LogP contribution in [0.2, 0.25) is 5.02 Å². The Morgan fingerprint density at radius 3 is 3.06 bits per heavy atom. The van der Waals surface area contributed by atoms with Gasteiger partial charge in [-0.05, 0) is 24.1 Å². The van der Waals surface area contributed by atoms with Crippen molar-refractivity contribution < 1.29 is 9.13 Å². The topological polar surface area (TPSA) is 35.2 Å². The molecule has 1 aromatic rings. The first-order valence-corrected chi connectivity index (χ1v) is 7.09. The van der Waals surface area contributed by atoms with Crippen LogP contribution in [0.5, 0.6) is 0 Å². The van der Waals surface area contributed by atoms with Gasteiger partial charge in [-0.15, -0.1) is 0 Å². The zero-order valence-electron chi connectivity index (χ0n) is 9.36. The number of nitrogens with two attached hydrogens (primary N) is 1. The Kier molecular flexibility index (Phi) is 4.68. The van der Waals surface area contributed by atoms with Crippen LogP contribution in [-0.2, 0) is 11.2 Å². The largest absolute Gasteiger partial charge is 0.375 e. The Bertz CT molecular complexity index is 385. The first-order valence-electron chi connectivity index (χ1n) is 5.55. The van der Waals surface area contributed by atoms with Crippen molar-refractivity contribution >= 4 is 23.4 Å². The quantitative estimate of drug-likeness (QED) is 0.921. The Hall–Kier alpha value is -0.290. The van der Waals surface area contributed by atoms with Gasteiger partial charge >= 0.3 is 0 Å². The van der Waals surface area contributed by atoms with Gasteiger partial charge in [0, 0.05) is 22.6 Å². The van der Waals surface area contributed by atoms with E-state index >= 15 is 0 Å². The van der Waals surface area contributed by atoms with E-state index in [1.807, 2.05) is 11.8 Å². The third-order valence-corrected chi connectivity index (χ3v) is 4.04. The molecule has 1 heterocycles. The van der Waals surface area contributed by atoms with Gasteiger partial charge in [0.1, 0.15) is 5.82 Å². The minimum atomic E-state index is -0.295. The minimum Gasteiger partial charge on any atom is -0.375 e. The summed E-state index contributed by atoms with van der Waals surface area (Å²) < 4.78 is 19.2. The molecule has 0 aromatic heterocycles. The fourth-order valence-electron chi connectivity index (χ4n) is 1.83. The molecule has 0 bridgehead atoms. The predicted octanol–water partition coefficient (Wildman–Crippen LogP) is 2.48. The predicted molar refractivity (Wildman–Crippen MR) is 70.2 cm³/mol. The summed E-state index contributed by atoms with van der Waals surface area (Å²) in [6.07, 6.45) is 0.498. The van der Waals surface area contributed by atoms with Crippen molar-refractivity contribution in [2.45, 2.75) is 18.6 Å². The first-order chi connectivity index (χ1) is 8.16. The molecule has 2 nitrogen and oxygen atoms in total. The molecule has 2 rings (SSSR count). The van der Waals surface area contributed by atoms with Crippen molar-refractivity contribution in [2.24, 2.45) is 5.73 Å². The zero-order chi connectivity index (χ0) is 12.3. The van der Waals surface area contributed by atoms with E-state index in [4.69, 9.17) is 22.1 Å². The second-order valence-corrected chi connectivity index (χ2v) is 5.67. The molecule has 0 saturated carbocycles. The molecule has 0 aliphatic carbocycles. The van der Waals surface area contributed by atoms with Crippen molar-refractivity contribution in [1.82, 2.24) is 0 Å². The van der Waals surface area contributed by atoms with Crippen LogP contribution in [0.25, 0.3) is 0 Å². The number of hydrogen-bond acceptors (Lipinski definition) is 3. The summed E-state index contributed by atoms with van der Waals surface area (Å²) in [5, 5.41) is 0.407. The van der Waals surface area contributed by atoms with E-state index in [1.54, 1.807) is 12.1 Å². The van der Waals surface area contributed by atoms with Crippen molar-refractivity contribution in [1.29, 1.82) is 0 Å². The number of hydrogen-bond donors (Lipinski definition) is 1. The fourth-order valence-corrected chi connectivity index (χ4v) is 2.94. The highest BCUT2D eigenvalue weighted by atomic mass is 35.5. The molecule has 17 heavy (non-hydrogen) atoms. The summed E-state index contributed by atoms with van der Waals surface area (Å²) in [6, 6.07) is 4.52. The molecule has 0 amide bonds. The lowest BCUT2D eigenvalue weighted by molar-refractivity contribution is 0.0570. The van der Waals surface area contributed by atoms with Crippen LogP contribution in [0.1, 0.15) is 5.56 Å². The van der Waals surface area contributed by atoms with E-state index in [0.717, 1.165) is 18.1 Å². The second kappa shape index (κ2) is 6.05. The van der Waals surface area contributed by atoms with Crippen LogP contribution in [0.15, 0.2) is 18.2 Å². The Morgan fingerprint density at radius 1 is 1.59 bits per heavy atom. The van der Waals surface area contributed by atoms with E-state index in [9.17, 15) is 4.39 Å². The molecule has 1 aromatic carbocycles.